The van der Waals surface area contributed by atoms with Crippen LogP contribution in [0.3, 0.4) is 0 Å². The molecule has 126 valence electrons. The van der Waals surface area contributed by atoms with Crippen molar-refractivity contribution in [3.63, 3.8) is 0 Å². The molecule has 1 atom stereocenters. The molecule has 2 aliphatic heterocycles. The average Bonchev–Trinajstić information content (AvgIpc) is 2.61. The van der Waals surface area contributed by atoms with E-state index in [-0.39, 0.29) is 17.6 Å². The summed E-state index contributed by atoms with van der Waals surface area (Å²) in [5.41, 5.74) is 0.612. The van der Waals surface area contributed by atoms with E-state index in [0.717, 1.165) is 38.8 Å². The Morgan fingerprint density at radius 2 is 2.22 bits per heavy atom. The van der Waals surface area contributed by atoms with Gasteiger partial charge in [0.1, 0.15) is 0 Å². The summed E-state index contributed by atoms with van der Waals surface area (Å²) in [4.78, 5) is 18.1. The van der Waals surface area contributed by atoms with Gasteiger partial charge < -0.3 is 15.0 Å². The summed E-state index contributed by atoms with van der Waals surface area (Å²) in [6.07, 6.45) is 6.58. The van der Waals surface area contributed by atoms with Crippen molar-refractivity contribution in [2.75, 3.05) is 37.7 Å². The number of hydrogen-bond donors (Lipinski definition) is 1. The number of amides is 1. The lowest BCUT2D eigenvalue weighted by Crippen LogP contribution is -2.43. The zero-order valence-corrected chi connectivity index (χ0v) is 13.3. The third kappa shape index (κ3) is 4.19. The fraction of sp³-hybridized carbons (Fsp3) is 0.647. The predicted molar refractivity (Wildman–Crippen MR) is 85.7 cm³/mol. The number of ether oxygens (including phenoxy) is 1. The van der Waals surface area contributed by atoms with Gasteiger partial charge in [-0.05, 0) is 37.7 Å². The maximum Gasteiger partial charge on any atom is 0.223 e. The normalized spacial score (nSPS) is 22.8. The molecule has 2 saturated heterocycles. The Labute approximate surface area is 136 Å². The van der Waals surface area contributed by atoms with E-state index in [2.05, 4.69) is 15.2 Å². The lowest BCUT2D eigenvalue weighted by molar-refractivity contribution is -0.128. The third-order valence-corrected chi connectivity index (χ3v) is 4.77. The van der Waals surface area contributed by atoms with E-state index >= 15 is 0 Å². The molecule has 0 spiro atoms. The van der Waals surface area contributed by atoms with E-state index in [4.69, 9.17) is 4.74 Å². The van der Waals surface area contributed by atoms with Crippen molar-refractivity contribution in [3.05, 3.63) is 24.3 Å². The summed E-state index contributed by atoms with van der Waals surface area (Å²) in [7, 11) is 0. The second kappa shape index (κ2) is 7.73. The molecule has 2 aliphatic rings. The summed E-state index contributed by atoms with van der Waals surface area (Å²) in [6, 6.07) is 1.72. The molecule has 1 N–H and O–H groups in total. The molecule has 3 heterocycles. The van der Waals surface area contributed by atoms with Gasteiger partial charge in [-0.15, -0.1) is 0 Å². The van der Waals surface area contributed by atoms with Crippen molar-refractivity contribution in [2.45, 2.75) is 25.7 Å². The molecular weight excluding hydrogens is 297 g/mol. The molecule has 6 heteroatoms. The van der Waals surface area contributed by atoms with Crippen molar-refractivity contribution in [1.82, 2.24) is 10.3 Å². The van der Waals surface area contributed by atoms with Gasteiger partial charge in [0.2, 0.25) is 5.91 Å². The number of anilines is 1. The minimum atomic E-state index is -0.278. The van der Waals surface area contributed by atoms with Gasteiger partial charge in [0.05, 0.1) is 11.9 Å². The smallest absolute Gasteiger partial charge is 0.223 e. The first-order valence-electron chi connectivity index (χ1n) is 8.44. The van der Waals surface area contributed by atoms with Crippen molar-refractivity contribution in [2.24, 2.45) is 11.8 Å². The number of nitrogens with one attached hydrogen (secondary N) is 1. The van der Waals surface area contributed by atoms with Crippen molar-refractivity contribution < 1.29 is 13.9 Å². The fourth-order valence-electron chi connectivity index (χ4n) is 3.42. The number of hydrogen-bond acceptors (Lipinski definition) is 4. The summed E-state index contributed by atoms with van der Waals surface area (Å²) in [6.45, 7) is 3.65. The molecule has 1 aromatic rings. The Bertz CT molecular complexity index is 534. The minimum absolute atomic E-state index is 0.0843. The molecule has 1 amide bonds. The van der Waals surface area contributed by atoms with Crippen LogP contribution in [0.1, 0.15) is 25.7 Å². The van der Waals surface area contributed by atoms with Crippen molar-refractivity contribution in [3.8, 4) is 0 Å². The maximum absolute atomic E-state index is 13.9. The van der Waals surface area contributed by atoms with Crippen molar-refractivity contribution >= 4 is 11.6 Å². The van der Waals surface area contributed by atoms with E-state index in [1.807, 2.05) is 0 Å². The maximum atomic E-state index is 13.9. The van der Waals surface area contributed by atoms with Gasteiger partial charge in [0.15, 0.2) is 5.82 Å². The molecule has 3 rings (SSSR count). The fourth-order valence-corrected chi connectivity index (χ4v) is 3.42. The zero-order chi connectivity index (χ0) is 16.1. The molecule has 0 unspecified atom stereocenters. The number of piperidine rings is 1. The van der Waals surface area contributed by atoms with E-state index < -0.39 is 0 Å². The van der Waals surface area contributed by atoms with Crippen LogP contribution in [-0.2, 0) is 9.53 Å². The van der Waals surface area contributed by atoms with Crippen LogP contribution in [0.4, 0.5) is 10.1 Å². The summed E-state index contributed by atoms with van der Waals surface area (Å²) >= 11 is 0. The number of halogens is 1. The van der Waals surface area contributed by atoms with Crippen molar-refractivity contribution in [1.29, 1.82) is 0 Å². The highest BCUT2D eigenvalue weighted by Crippen LogP contribution is 2.25. The highest BCUT2D eigenvalue weighted by molar-refractivity contribution is 5.78. The van der Waals surface area contributed by atoms with Gasteiger partial charge >= 0.3 is 0 Å². The van der Waals surface area contributed by atoms with Crippen LogP contribution in [0.15, 0.2) is 18.5 Å². The number of aromatic nitrogens is 1. The van der Waals surface area contributed by atoms with Gasteiger partial charge in [-0.3, -0.25) is 9.78 Å². The first-order valence-corrected chi connectivity index (χ1v) is 8.44. The summed E-state index contributed by atoms with van der Waals surface area (Å²) in [5, 5.41) is 3.08. The second-order valence-electron chi connectivity index (χ2n) is 6.41. The first kappa shape index (κ1) is 16.2. The molecule has 0 aromatic carbocycles. The van der Waals surface area contributed by atoms with Crippen LogP contribution in [0, 0.1) is 17.7 Å². The lowest BCUT2D eigenvalue weighted by atomic mass is 9.96. The lowest BCUT2D eigenvalue weighted by Gasteiger charge is -2.34. The number of carbonyl (C=O) groups is 1. The molecule has 2 fully saturated rings. The van der Waals surface area contributed by atoms with E-state index in [1.165, 1.54) is 6.20 Å². The van der Waals surface area contributed by atoms with Gasteiger partial charge in [0.25, 0.3) is 0 Å². The van der Waals surface area contributed by atoms with Crippen LogP contribution in [-0.4, -0.2) is 43.7 Å². The molecule has 0 aliphatic carbocycles. The largest absolute Gasteiger partial charge is 0.381 e. The standard InChI is InChI=1S/C17H24FN3O2/c18-15-11-19-6-3-16(15)21-7-1-2-13(12-21)10-20-17(22)14-4-8-23-9-5-14/h3,6,11,13-14H,1-2,4-5,7-10,12H2,(H,20,22)/t13-/m1/s1. The van der Waals surface area contributed by atoms with Gasteiger partial charge in [-0.2, -0.15) is 0 Å². The molecule has 0 saturated carbocycles. The van der Waals surface area contributed by atoms with Crippen LogP contribution >= 0.6 is 0 Å². The quantitative estimate of drug-likeness (QED) is 0.921. The second-order valence-corrected chi connectivity index (χ2v) is 6.41. The van der Waals surface area contributed by atoms with E-state index in [9.17, 15) is 9.18 Å². The van der Waals surface area contributed by atoms with E-state index in [0.29, 0.717) is 31.4 Å². The number of pyridine rings is 1. The monoisotopic (exact) mass is 321 g/mol. The third-order valence-electron chi connectivity index (χ3n) is 4.77. The molecule has 0 radical (unpaired) electrons. The topological polar surface area (TPSA) is 54.5 Å². The number of rotatable bonds is 4. The van der Waals surface area contributed by atoms with Crippen LogP contribution in [0.5, 0.6) is 0 Å². The van der Waals surface area contributed by atoms with Crippen LogP contribution in [0.25, 0.3) is 0 Å². The summed E-state index contributed by atoms with van der Waals surface area (Å²) < 4.78 is 19.2. The van der Waals surface area contributed by atoms with Crippen LogP contribution in [0.2, 0.25) is 0 Å². The van der Waals surface area contributed by atoms with Crippen LogP contribution < -0.4 is 10.2 Å². The SMILES string of the molecule is O=C(NC[C@H]1CCCN(c2ccncc2F)C1)C1CCOCC1. The predicted octanol–water partition coefficient (Wildman–Crippen LogP) is 1.98. The highest BCUT2D eigenvalue weighted by Gasteiger charge is 2.25. The Balaban J connectivity index is 1.51. The average molecular weight is 321 g/mol. The number of nitrogens with zero attached hydrogens (tertiary/aromatic N) is 2. The molecule has 1 aromatic heterocycles. The Hall–Kier alpha value is -1.69. The van der Waals surface area contributed by atoms with Gasteiger partial charge in [-0.1, -0.05) is 0 Å². The Morgan fingerprint density at radius 1 is 1.39 bits per heavy atom. The molecular formula is C17H24FN3O2. The minimum Gasteiger partial charge on any atom is -0.381 e. The molecule has 0 bridgehead atoms. The Morgan fingerprint density at radius 3 is 3.00 bits per heavy atom. The highest BCUT2D eigenvalue weighted by atomic mass is 19.1. The van der Waals surface area contributed by atoms with E-state index in [1.54, 1.807) is 12.3 Å². The molecule has 23 heavy (non-hydrogen) atoms. The Kier molecular flexibility index (Phi) is 5.43. The molecule has 5 nitrogen and oxygen atoms in total. The first-order chi connectivity index (χ1) is 11.2. The van der Waals surface area contributed by atoms with Gasteiger partial charge in [-0.25, -0.2) is 4.39 Å². The summed E-state index contributed by atoms with van der Waals surface area (Å²) in [5.74, 6) is 0.307. The number of carbonyl (C=O) groups excluding carboxylic acids is 1. The zero-order valence-electron chi connectivity index (χ0n) is 13.3. The van der Waals surface area contributed by atoms with Gasteiger partial charge in [0, 0.05) is 45.0 Å².